The topological polar surface area (TPSA) is 237 Å². The smallest absolute Gasteiger partial charge is 0.462 e. The zero-order valence-corrected chi connectivity index (χ0v) is 62.7. The van der Waals surface area contributed by atoms with Crippen LogP contribution in [0.5, 0.6) is 0 Å². The number of phosphoric acid groups is 2. The largest absolute Gasteiger partial charge is 0.472 e. The third-order valence-corrected chi connectivity index (χ3v) is 19.3. The van der Waals surface area contributed by atoms with Crippen molar-refractivity contribution in [1.82, 2.24) is 0 Å². The molecule has 19 heteroatoms. The van der Waals surface area contributed by atoms with Crippen molar-refractivity contribution in [2.45, 2.75) is 388 Å². The lowest BCUT2D eigenvalue weighted by Gasteiger charge is -2.21. The Kier molecular flexibility index (Phi) is 62.2. The third kappa shape index (κ3) is 67.0. The highest BCUT2D eigenvalue weighted by Gasteiger charge is 2.30. The number of hydrogen-bond donors (Lipinski definition) is 3. The Morgan fingerprint density at radius 1 is 0.301 bits per heavy atom. The van der Waals surface area contributed by atoms with Gasteiger partial charge < -0.3 is 33.8 Å². The highest BCUT2D eigenvalue weighted by Crippen LogP contribution is 2.45. The molecule has 0 radical (unpaired) electrons. The standard InChI is InChI=1S/C74H144O17P2/c1-9-67(8)53-45-37-28-23-25-31-41-49-57-74(79)91-69(60-84-71(76)54-46-38-29-24-22-27-35-43-51-65(4)5)62-88-92(80,81)86-58-68(75)59-87-93(82,83)89-63-70(61-85-72(77)55-47-39-33-32-36-44-52-66(6)7)90-73(78)56-48-40-30-21-19-17-15-13-11-10-12-14-16-18-20-26-34-42-50-64(2)3/h64-70,75H,9-63H2,1-8H3,(H,80,81)(H,82,83)/t67?,68?,69-,70-/m1/s1. The van der Waals surface area contributed by atoms with Gasteiger partial charge in [-0.05, 0) is 49.4 Å². The van der Waals surface area contributed by atoms with Crippen LogP contribution in [-0.4, -0.2) is 96.7 Å². The van der Waals surface area contributed by atoms with Gasteiger partial charge in [0.2, 0.25) is 0 Å². The normalized spacial score (nSPS) is 14.5. The van der Waals surface area contributed by atoms with Crippen LogP contribution in [0.1, 0.15) is 370 Å². The van der Waals surface area contributed by atoms with Crippen molar-refractivity contribution >= 4 is 39.5 Å². The zero-order chi connectivity index (χ0) is 68.9. The van der Waals surface area contributed by atoms with Crippen LogP contribution in [0.2, 0.25) is 0 Å². The van der Waals surface area contributed by atoms with Gasteiger partial charge >= 0.3 is 39.5 Å². The van der Waals surface area contributed by atoms with E-state index in [9.17, 15) is 43.2 Å². The summed E-state index contributed by atoms with van der Waals surface area (Å²) < 4.78 is 68.4. The van der Waals surface area contributed by atoms with Gasteiger partial charge in [0.05, 0.1) is 26.4 Å². The molecule has 4 unspecified atom stereocenters. The van der Waals surface area contributed by atoms with Crippen LogP contribution in [0.15, 0.2) is 0 Å². The highest BCUT2D eigenvalue weighted by molar-refractivity contribution is 7.47. The minimum Gasteiger partial charge on any atom is -0.462 e. The molecule has 6 atom stereocenters. The van der Waals surface area contributed by atoms with Crippen LogP contribution in [-0.2, 0) is 65.4 Å². The first kappa shape index (κ1) is 91.1. The van der Waals surface area contributed by atoms with E-state index in [1.165, 1.54) is 167 Å². The van der Waals surface area contributed by atoms with Crippen LogP contribution in [0.25, 0.3) is 0 Å². The lowest BCUT2D eigenvalue weighted by atomic mass is 9.99. The average molecular weight is 1370 g/mol. The number of phosphoric ester groups is 2. The van der Waals surface area contributed by atoms with Gasteiger partial charge in [0.15, 0.2) is 12.2 Å². The molecule has 0 aromatic rings. The van der Waals surface area contributed by atoms with E-state index in [0.717, 1.165) is 114 Å². The van der Waals surface area contributed by atoms with Crippen molar-refractivity contribution in [2.24, 2.45) is 23.7 Å². The summed E-state index contributed by atoms with van der Waals surface area (Å²) in [7, 11) is -9.91. The molecule has 0 saturated heterocycles. The van der Waals surface area contributed by atoms with Gasteiger partial charge in [-0.1, -0.05) is 319 Å². The van der Waals surface area contributed by atoms with Crippen molar-refractivity contribution in [3.8, 4) is 0 Å². The van der Waals surface area contributed by atoms with E-state index in [-0.39, 0.29) is 25.7 Å². The van der Waals surface area contributed by atoms with Gasteiger partial charge in [-0.3, -0.25) is 37.3 Å². The van der Waals surface area contributed by atoms with Crippen LogP contribution in [0.4, 0.5) is 0 Å². The molecule has 0 aromatic carbocycles. The fraction of sp³-hybridized carbons (Fsp3) is 0.946. The molecule has 0 amide bonds. The second kappa shape index (κ2) is 63.5. The van der Waals surface area contributed by atoms with E-state index >= 15 is 0 Å². The van der Waals surface area contributed by atoms with Gasteiger partial charge in [0, 0.05) is 25.7 Å². The Morgan fingerprint density at radius 3 is 0.763 bits per heavy atom. The minimum atomic E-state index is -4.95. The molecule has 17 nitrogen and oxygen atoms in total. The number of ether oxygens (including phenoxy) is 4. The molecule has 0 heterocycles. The Labute approximate surface area is 568 Å². The molecular weight excluding hydrogens is 1220 g/mol. The number of rotatable bonds is 71. The van der Waals surface area contributed by atoms with E-state index in [2.05, 4.69) is 55.4 Å². The van der Waals surface area contributed by atoms with E-state index in [4.69, 9.17) is 37.0 Å². The molecule has 0 aliphatic rings. The van der Waals surface area contributed by atoms with Crippen LogP contribution >= 0.6 is 15.6 Å². The van der Waals surface area contributed by atoms with Crippen molar-refractivity contribution < 1.29 is 80.2 Å². The molecule has 0 fully saturated rings. The first-order valence-corrected chi connectivity index (χ1v) is 41.2. The maximum Gasteiger partial charge on any atom is 0.472 e. The average Bonchev–Trinajstić information content (AvgIpc) is 2.88. The van der Waals surface area contributed by atoms with E-state index in [1.807, 2.05) is 0 Å². The lowest BCUT2D eigenvalue weighted by molar-refractivity contribution is -0.161. The van der Waals surface area contributed by atoms with Gasteiger partial charge in [-0.2, -0.15) is 0 Å². The Morgan fingerprint density at radius 2 is 0.516 bits per heavy atom. The Hall–Kier alpha value is -1.94. The summed E-state index contributed by atoms with van der Waals surface area (Å²) in [6, 6.07) is 0. The van der Waals surface area contributed by atoms with Crippen molar-refractivity contribution in [1.29, 1.82) is 0 Å². The van der Waals surface area contributed by atoms with E-state index in [0.29, 0.717) is 31.6 Å². The summed E-state index contributed by atoms with van der Waals surface area (Å²) in [6.07, 6.45) is 47.5. The molecule has 0 rings (SSSR count). The molecule has 3 N–H and O–H groups in total. The van der Waals surface area contributed by atoms with Crippen molar-refractivity contribution in [2.75, 3.05) is 39.6 Å². The quantitative estimate of drug-likeness (QED) is 0.0222. The number of hydrogen-bond acceptors (Lipinski definition) is 15. The molecular formula is C74H144O17P2. The predicted octanol–water partition coefficient (Wildman–Crippen LogP) is 21.3. The number of esters is 4. The summed E-state index contributed by atoms with van der Waals surface area (Å²) in [5.41, 5.74) is 0. The molecule has 0 saturated carbocycles. The van der Waals surface area contributed by atoms with Crippen LogP contribution < -0.4 is 0 Å². The molecule has 552 valence electrons. The summed E-state index contributed by atoms with van der Waals surface area (Å²) >= 11 is 0. The van der Waals surface area contributed by atoms with Crippen molar-refractivity contribution in [3.05, 3.63) is 0 Å². The predicted molar refractivity (Wildman–Crippen MR) is 377 cm³/mol. The number of aliphatic hydroxyl groups is 1. The van der Waals surface area contributed by atoms with E-state index in [1.54, 1.807) is 0 Å². The molecule has 93 heavy (non-hydrogen) atoms. The molecule has 0 aliphatic heterocycles. The molecule has 0 aromatic heterocycles. The maximum absolute atomic E-state index is 13.0. The number of unbranched alkanes of at least 4 members (excludes halogenated alkanes) is 36. The van der Waals surface area contributed by atoms with Gasteiger partial charge in [-0.25, -0.2) is 9.13 Å². The van der Waals surface area contributed by atoms with Gasteiger partial charge in [0.1, 0.15) is 19.3 Å². The van der Waals surface area contributed by atoms with E-state index < -0.39 is 97.5 Å². The highest BCUT2D eigenvalue weighted by atomic mass is 31.2. The molecule has 0 spiro atoms. The number of aliphatic hydroxyl groups excluding tert-OH is 1. The fourth-order valence-corrected chi connectivity index (χ4v) is 12.7. The molecule has 0 bridgehead atoms. The SMILES string of the molecule is CCC(C)CCCCCCCCCCC(=O)O[C@H](COC(=O)CCCCCCCCCCC(C)C)COP(=O)(O)OCC(O)COP(=O)(O)OC[C@@H](COC(=O)CCCCCCCCC(C)C)OC(=O)CCCCCCCCCCCCCCCCCCCCC(C)C. The fourth-order valence-electron chi connectivity index (χ4n) is 11.2. The first-order valence-electron chi connectivity index (χ1n) is 38.2. The van der Waals surface area contributed by atoms with Gasteiger partial charge in [0.25, 0.3) is 0 Å². The van der Waals surface area contributed by atoms with Gasteiger partial charge in [-0.15, -0.1) is 0 Å². The Balaban J connectivity index is 5.17. The Bertz CT molecular complexity index is 1840. The monoisotopic (exact) mass is 1370 g/mol. The maximum atomic E-state index is 13.0. The first-order chi connectivity index (χ1) is 44.6. The lowest BCUT2D eigenvalue weighted by Crippen LogP contribution is -2.30. The second-order valence-electron chi connectivity index (χ2n) is 28.4. The minimum absolute atomic E-state index is 0.104. The van der Waals surface area contributed by atoms with Crippen LogP contribution in [0, 0.1) is 23.7 Å². The third-order valence-electron chi connectivity index (χ3n) is 17.4. The summed E-state index contributed by atoms with van der Waals surface area (Å²) in [4.78, 5) is 72.6. The summed E-state index contributed by atoms with van der Waals surface area (Å²) in [6.45, 7) is 14.1. The summed E-state index contributed by atoms with van der Waals surface area (Å²) in [5, 5.41) is 10.6. The second-order valence-corrected chi connectivity index (χ2v) is 31.3. The number of carbonyl (C=O) groups excluding carboxylic acids is 4. The summed E-state index contributed by atoms with van der Waals surface area (Å²) in [5.74, 6) is 0.867. The molecule has 0 aliphatic carbocycles. The van der Waals surface area contributed by atoms with Crippen LogP contribution in [0.3, 0.4) is 0 Å². The number of carbonyl (C=O) groups is 4. The van der Waals surface area contributed by atoms with Crippen molar-refractivity contribution in [3.63, 3.8) is 0 Å². The zero-order valence-electron chi connectivity index (χ0n) is 60.9.